The van der Waals surface area contributed by atoms with Crippen LogP contribution in [0.1, 0.15) is 17.0 Å². The molecule has 0 saturated heterocycles. The van der Waals surface area contributed by atoms with Gasteiger partial charge < -0.3 is 15.3 Å². The van der Waals surface area contributed by atoms with E-state index in [1.165, 1.54) is 11.3 Å². The third kappa shape index (κ3) is 4.11. The smallest absolute Gasteiger partial charge is 0.0791 e. The van der Waals surface area contributed by atoms with Crippen molar-refractivity contribution in [2.45, 2.75) is 26.5 Å². The van der Waals surface area contributed by atoms with Gasteiger partial charge in [-0.05, 0) is 27.9 Å². The number of aliphatic hydroxyl groups is 1. The van der Waals surface area contributed by atoms with Crippen molar-refractivity contribution in [2.75, 3.05) is 27.2 Å². The Kier molecular flexibility index (Phi) is 5.11. The number of hydrogen-bond acceptors (Lipinski definition) is 4. The Bertz CT molecular complexity index is 360. The molecule has 1 rings (SSSR count). The molecule has 0 aliphatic heterocycles. The van der Waals surface area contributed by atoms with Gasteiger partial charge in [0.1, 0.15) is 0 Å². The lowest BCUT2D eigenvalue weighted by Crippen LogP contribution is -2.34. The minimum atomic E-state index is -0.331. The molecule has 0 fully saturated rings. The van der Waals surface area contributed by atoms with Gasteiger partial charge in [0.05, 0.1) is 11.8 Å². The second-order valence-corrected chi connectivity index (χ2v) is 4.82. The van der Waals surface area contributed by atoms with E-state index in [2.05, 4.69) is 17.3 Å². The van der Waals surface area contributed by atoms with Crippen molar-refractivity contribution in [3.63, 3.8) is 0 Å². The average Bonchev–Trinajstić information content (AvgIpc) is 2.43. The summed E-state index contributed by atoms with van der Waals surface area (Å²) in [5.74, 6) is 0. The molecule has 0 aliphatic rings. The molecule has 2 N–H and O–H groups in total. The molecule has 1 aromatic heterocycles. The molecular weight excluding hydrogens is 216 g/mol. The first-order chi connectivity index (χ1) is 7.91. The van der Waals surface area contributed by atoms with Crippen LogP contribution in [0.2, 0.25) is 0 Å². The number of nitrogens with zero attached hydrogens (tertiary/aromatic N) is 3. The van der Waals surface area contributed by atoms with E-state index < -0.39 is 0 Å². The molecule has 0 saturated carbocycles. The van der Waals surface area contributed by atoms with Gasteiger partial charge in [-0.2, -0.15) is 5.10 Å². The lowest BCUT2D eigenvalue weighted by Gasteiger charge is -2.16. The third-order valence-electron chi connectivity index (χ3n) is 2.92. The quantitative estimate of drug-likeness (QED) is 0.738. The zero-order chi connectivity index (χ0) is 13.0. The Hall–Kier alpha value is -0.910. The van der Waals surface area contributed by atoms with Crippen LogP contribution in [0.5, 0.6) is 0 Å². The van der Waals surface area contributed by atoms with Crippen LogP contribution in [0.15, 0.2) is 0 Å². The Morgan fingerprint density at radius 2 is 2.06 bits per heavy atom. The normalized spacial score (nSPS) is 13.4. The van der Waals surface area contributed by atoms with Gasteiger partial charge in [0.2, 0.25) is 0 Å². The van der Waals surface area contributed by atoms with Crippen LogP contribution in [-0.2, 0) is 13.6 Å². The highest BCUT2D eigenvalue weighted by molar-refractivity contribution is 5.23. The topological polar surface area (TPSA) is 53.3 Å². The second kappa shape index (κ2) is 6.14. The number of nitrogens with one attached hydrogen (secondary N) is 1. The van der Waals surface area contributed by atoms with Crippen LogP contribution in [0.4, 0.5) is 0 Å². The van der Waals surface area contributed by atoms with Gasteiger partial charge in [0.25, 0.3) is 0 Å². The fourth-order valence-corrected chi connectivity index (χ4v) is 1.92. The Morgan fingerprint density at radius 1 is 1.41 bits per heavy atom. The Morgan fingerprint density at radius 3 is 2.53 bits per heavy atom. The van der Waals surface area contributed by atoms with Crippen LogP contribution in [0.3, 0.4) is 0 Å². The van der Waals surface area contributed by atoms with Crippen molar-refractivity contribution in [1.29, 1.82) is 0 Å². The van der Waals surface area contributed by atoms with Gasteiger partial charge in [0, 0.05) is 37.9 Å². The van der Waals surface area contributed by atoms with Gasteiger partial charge in [0.15, 0.2) is 0 Å². The van der Waals surface area contributed by atoms with Gasteiger partial charge in [-0.1, -0.05) is 0 Å². The van der Waals surface area contributed by atoms with Gasteiger partial charge in [-0.15, -0.1) is 0 Å². The highest BCUT2D eigenvalue weighted by Crippen LogP contribution is 2.10. The van der Waals surface area contributed by atoms with E-state index in [-0.39, 0.29) is 6.10 Å². The summed E-state index contributed by atoms with van der Waals surface area (Å²) in [7, 11) is 5.87. The summed E-state index contributed by atoms with van der Waals surface area (Å²) in [6.45, 7) is 6.12. The Labute approximate surface area is 103 Å². The van der Waals surface area contributed by atoms with Gasteiger partial charge in [-0.3, -0.25) is 4.68 Å². The van der Waals surface area contributed by atoms with Crippen molar-refractivity contribution in [1.82, 2.24) is 20.0 Å². The molecule has 1 aromatic rings. The van der Waals surface area contributed by atoms with Crippen molar-refractivity contribution in [3.8, 4) is 0 Å². The summed E-state index contributed by atoms with van der Waals surface area (Å²) in [5, 5.41) is 17.4. The molecule has 0 bridgehead atoms. The van der Waals surface area contributed by atoms with Crippen molar-refractivity contribution in [3.05, 3.63) is 17.0 Å². The van der Waals surface area contributed by atoms with Gasteiger partial charge >= 0.3 is 0 Å². The highest BCUT2D eigenvalue weighted by atomic mass is 16.3. The molecule has 0 aliphatic carbocycles. The van der Waals surface area contributed by atoms with Crippen LogP contribution >= 0.6 is 0 Å². The third-order valence-corrected chi connectivity index (χ3v) is 2.92. The highest BCUT2D eigenvalue weighted by Gasteiger charge is 2.10. The second-order valence-electron chi connectivity index (χ2n) is 4.82. The van der Waals surface area contributed by atoms with E-state index in [9.17, 15) is 5.11 Å². The zero-order valence-electron chi connectivity index (χ0n) is 11.5. The fourth-order valence-electron chi connectivity index (χ4n) is 1.92. The number of hydrogen-bond donors (Lipinski definition) is 2. The molecule has 1 unspecified atom stereocenters. The molecule has 0 aromatic carbocycles. The summed E-state index contributed by atoms with van der Waals surface area (Å²) in [4.78, 5) is 1.98. The largest absolute Gasteiger partial charge is 0.390 e. The van der Waals surface area contributed by atoms with Crippen molar-refractivity contribution >= 4 is 0 Å². The summed E-state index contributed by atoms with van der Waals surface area (Å²) in [5.41, 5.74) is 3.46. The standard InChI is InChI=1S/C12H24N4O/c1-9-12(10(2)16(5)14-9)7-13-6-11(17)8-15(3)4/h11,13,17H,6-8H2,1-5H3. The molecule has 0 amide bonds. The van der Waals surface area contributed by atoms with Gasteiger partial charge in [-0.25, -0.2) is 0 Å². The SMILES string of the molecule is Cc1nn(C)c(C)c1CNCC(O)CN(C)C. The first kappa shape index (κ1) is 14.2. The number of aliphatic hydroxyl groups excluding tert-OH is 1. The minimum absolute atomic E-state index is 0.331. The summed E-state index contributed by atoms with van der Waals surface area (Å²) in [6, 6.07) is 0. The lowest BCUT2D eigenvalue weighted by molar-refractivity contribution is 0.134. The lowest BCUT2D eigenvalue weighted by atomic mass is 10.2. The molecular formula is C12H24N4O. The van der Waals surface area contributed by atoms with Crippen LogP contribution in [-0.4, -0.2) is 53.1 Å². The van der Waals surface area contributed by atoms with Crippen molar-refractivity contribution in [2.24, 2.45) is 7.05 Å². The molecule has 98 valence electrons. The summed E-state index contributed by atoms with van der Waals surface area (Å²) < 4.78 is 1.89. The number of aromatic nitrogens is 2. The minimum Gasteiger partial charge on any atom is -0.390 e. The van der Waals surface area contributed by atoms with E-state index in [1.807, 2.05) is 37.6 Å². The average molecular weight is 240 g/mol. The number of likely N-dealkylation sites (N-methyl/N-ethyl adjacent to an activating group) is 1. The molecule has 1 atom stereocenters. The fraction of sp³-hybridized carbons (Fsp3) is 0.750. The van der Waals surface area contributed by atoms with Crippen LogP contribution in [0.25, 0.3) is 0 Å². The maximum Gasteiger partial charge on any atom is 0.0791 e. The van der Waals surface area contributed by atoms with E-state index in [0.29, 0.717) is 13.1 Å². The van der Waals surface area contributed by atoms with Crippen LogP contribution in [0, 0.1) is 13.8 Å². The van der Waals surface area contributed by atoms with E-state index in [0.717, 1.165) is 12.2 Å². The predicted molar refractivity (Wildman–Crippen MR) is 68.9 cm³/mol. The molecule has 0 spiro atoms. The number of aryl methyl sites for hydroxylation is 2. The molecule has 0 radical (unpaired) electrons. The summed E-state index contributed by atoms with van der Waals surface area (Å²) in [6.07, 6.45) is -0.331. The zero-order valence-corrected chi connectivity index (χ0v) is 11.5. The predicted octanol–water partition coefficient (Wildman–Crippen LogP) is 0.0490. The van der Waals surface area contributed by atoms with Crippen LogP contribution < -0.4 is 5.32 Å². The maximum atomic E-state index is 9.72. The molecule has 1 heterocycles. The van der Waals surface area contributed by atoms with E-state index in [4.69, 9.17) is 0 Å². The summed E-state index contributed by atoms with van der Waals surface area (Å²) >= 11 is 0. The first-order valence-electron chi connectivity index (χ1n) is 5.94. The maximum absolute atomic E-state index is 9.72. The Balaban J connectivity index is 2.41. The van der Waals surface area contributed by atoms with E-state index in [1.54, 1.807) is 0 Å². The van der Waals surface area contributed by atoms with E-state index >= 15 is 0 Å². The molecule has 5 nitrogen and oxygen atoms in total. The number of rotatable bonds is 6. The monoisotopic (exact) mass is 240 g/mol. The molecule has 5 heteroatoms. The van der Waals surface area contributed by atoms with Crippen molar-refractivity contribution < 1.29 is 5.11 Å². The molecule has 17 heavy (non-hydrogen) atoms. The first-order valence-corrected chi connectivity index (χ1v) is 5.94.